The Morgan fingerprint density at radius 1 is 1.56 bits per heavy atom. The first-order valence-electron chi connectivity index (χ1n) is 2.49. The zero-order chi connectivity index (χ0) is 6.85. The minimum atomic E-state index is 0.270. The van der Waals surface area contributed by atoms with Crippen LogP contribution in [-0.2, 0) is 16.0 Å². The predicted molar refractivity (Wildman–Crippen MR) is 31.3 cm³/mol. The van der Waals surface area contributed by atoms with E-state index in [1.54, 1.807) is 6.08 Å². The Hall–Kier alpha value is -0.601. The molecule has 0 radical (unpaired) electrons. The summed E-state index contributed by atoms with van der Waals surface area (Å²) in [5.74, 6) is 0.648. The van der Waals surface area contributed by atoms with E-state index in [1.807, 2.05) is 0 Å². The first-order valence-corrected chi connectivity index (χ1v) is 3.08. The number of amidine groups is 2. The van der Waals surface area contributed by atoms with E-state index in [0.717, 1.165) is 4.47 Å². The zero-order valence-corrected chi connectivity index (χ0v) is 5.84. The second-order valence-electron chi connectivity index (χ2n) is 1.73. The van der Waals surface area contributed by atoms with Crippen molar-refractivity contribution in [2.45, 2.75) is 6.42 Å². The molecular formula is C5H6MnN3. The van der Waals surface area contributed by atoms with Crippen LogP contribution in [0.5, 0.6) is 0 Å². The first-order chi connectivity index (χ1) is 4.20. The molecule has 1 aliphatic rings. The number of hydrogen-bond donors (Lipinski definition) is 3. The van der Waals surface area contributed by atoms with Gasteiger partial charge in [-0.1, -0.05) is 0 Å². The predicted octanol–water partition coefficient (Wildman–Crippen LogP) is 0.365. The second-order valence-corrected chi connectivity index (χ2v) is 2.37. The van der Waals surface area contributed by atoms with Crippen LogP contribution in [0.15, 0.2) is 10.5 Å². The minimum absolute atomic E-state index is 0.270. The summed E-state index contributed by atoms with van der Waals surface area (Å²) in [6.07, 6.45) is 2.38. The average molecular weight is 163 g/mol. The van der Waals surface area contributed by atoms with E-state index in [9.17, 15) is 0 Å². The molecule has 3 N–H and O–H groups in total. The summed E-state index contributed by atoms with van der Waals surface area (Å²) in [5, 5.41) is 16.8. The van der Waals surface area contributed by atoms with Gasteiger partial charge in [-0.3, -0.25) is 0 Å². The van der Waals surface area contributed by atoms with Gasteiger partial charge in [-0.15, -0.1) is 0 Å². The molecule has 3 nitrogen and oxygen atoms in total. The number of hydrogen-bond acceptors (Lipinski definition) is 2. The van der Waals surface area contributed by atoms with Gasteiger partial charge in [0.25, 0.3) is 0 Å². The van der Waals surface area contributed by atoms with Crippen molar-refractivity contribution in [2.75, 3.05) is 0 Å². The quantitative estimate of drug-likeness (QED) is 0.444. The Morgan fingerprint density at radius 2 is 2.22 bits per heavy atom. The molecule has 0 aromatic carbocycles. The average Bonchev–Trinajstić information content (AvgIpc) is 1.80. The van der Waals surface area contributed by atoms with Gasteiger partial charge in [0, 0.05) is 0 Å². The normalized spacial score (nSPS) is 19.0. The van der Waals surface area contributed by atoms with Gasteiger partial charge in [0.05, 0.1) is 0 Å². The zero-order valence-electron chi connectivity index (χ0n) is 4.66. The maximum atomic E-state index is 7.16. The Labute approximate surface area is 61.4 Å². The van der Waals surface area contributed by atoms with Gasteiger partial charge < -0.3 is 0 Å². The second kappa shape index (κ2) is 2.33. The van der Waals surface area contributed by atoms with Gasteiger partial charge in [-0.05, 0) is 0 Å². The molecule has 9 heavy (non-hydrogen) atoms. The molecule has 4 heteroatoms. The molecule has 0 saturated carbocycles. The fourth-order valence-corrected chi connectivity index (χ4v) is 0.750. The van der Waals surface area contributed by atoms with E-state index in [4.69, 9.17) is 10.8 Å². The third-order valence-electron chi connectivity index (χ3n) is 1.00. The summed E-state index contributed by atoms with van der Waals surface area (Å²) in [6, 6.07) is 0. The Kier molecular flexibility index (Phi) is 1.69. The van der Waals surface area contributed by atoms with E-state index >= 15 is 0 Å². The summed E-state index contributed by atoms with van der Waals surface area (Å²) < 4.78 is 0.735. The fourth-order valence-electron chi connectivity index (χ4n) is 0.555. The Bertz CT molecular complexity index is 194. The van der Waals surface area contributed by atoms with Crippen molar-refractivity contribution < 1.29 is 16.0 Å². The van der Waals surface area contributed by atoms with Crippen molar-refractivity contribution in [3.63, 3.8) is 0 Å². The summed E-state index contributed by atoms with van der Waals surface area (Å²) in [5.41, 5.74) is 0. The van der Waals surface area contributed by atoms with E-state index in [-0.39, 0.29) is 5.84 Å². The number of rotatable bonds is 0. The van der Waals surface area contributed by atoms with Crippen LogP contribution in [0.3, 0.4) is 0 Å². The van der Waals surface area contributed by atoms with Crippen LogP contribution < -0.4 is 5.32 Å². The van der Waals surface area contributed by atoms with Crippen LogP contribution in [0.1, 0.15) is 6.42 Å². The van der Waals surface area contributed by atoms with Gasteiger partial charge in [-0.25, -0.2) is 0 Å². The maximum absolute atomic E-state index is 7.16. The van der Waals surface area contributed by atoms with E-state index in [1.165, 1.54) is 0 Å². The van der Waals surface area contributed by atoms with Crippen LogP contribution in [0.2, 0.25) is 0 Å². The molecule has 0 bridgehead atoms. The van der Waals surface area contributed by atoms with E-state index in [0.29, 0.717) is 12.3 Å². The van der Waals surface area contributed by atoms with Crippen LogP contribution in [-0.4, -0.2) is 11.7 Å². The molecule has 48 valence electrons. The van der Waals surface area contributed by atoms with Crippen molar-refractivity contribution in [1.82, 2.24) is 5.32 Å². The number of nitrogens with one attached hydrogen (secondary N) is 3. The first kappa shape index (κ1) is 6.52. The SMILES string of the molecule is N=C1CC=[C]([Mn])C(=N)N1. The van der Waals surface area contributed by atoms with E-state index < -0.39 is 0 Å². The summed E-state index contributed by atoms with van der Waals surface area (Å²) in [4.78, 5) is 0. The molecule has 0 unspecified atom stereocenters. The monoisotopic (exact) mass is 163 g/mol. The van der Waals surface area contributed by atoms with Crippen molar-refractivity contribution >= 4 is 11.7 Å². The summed E-state index contributed by atoms with van der Waals surface area (Å²) in [7, 11) is 0. The van der Waals surface area contributed by atoms with Gasteiger partial charge >= 0.3 is 60.8 Å². The molecule has 1 aliphatic heterocycles. The van der Waals surface area contributed by atoms with Gasteiger partial charge in [-0.2, -0.15) is 0 Å². The topological polar surface area (TPSA) is 59.7 Å². The third kappa shape index (κ3) is 1.40. The molecule has 0 fully saturated rings. The molecule has 0 amide bonds. The molecule has 0 aliphatic carbocycles. The molecule has 0 saturated heterocycles. The van der Waals surface area contributed by atoms with Crippen LogP contribution in [0.25, 0.3) is 0 Å². The van der Waals surface area contributed by atoms with Gasteiger partial charge in [0.1, 0.15) is 0 Å². The van der Waals surface area contributed by atoms with Crippen LogP contribution >= 0.6 is 0 Å². The van der Waals surface area contributed by atoms with Crippen LogP contribution in [0, 0.1) is 10.8 Å². The molecular weight excluding hydrogens is 157 g/mol. The molecule has 0 aromatic heterocycles. The van der Waals surface area contributed by atoms with Crippen molar-refractivity contribution in [2.24, 2.45) is 0 Å². The Balaban J connectivity index is 2.79. The van der Waals surface area contributed by atoms with Gasteiger partial charge in [0.2, 0.25) is 0 Å². The van der Waals surface area contributed by atoms with Crippen LogP contribution in [0.4, 0.5) is 0 Å². The molecule has 1 heterocycles. The van der Waals surface area contributed by atoms with Crippen molar-refractivity contribution in [1.29, 1.82) is 10.8 Å². The fraction of sp³-hybridized carbons (Fsp3) is 0.200. The Morgan fingerprint density at radius 3 is 2.67 bits per heavy atom. The molecule has 1 rings (SSSR count). The summed E-state index contributed by atoms with van der Waals surface area (Å²) >= 11 is 3.16. The third-order valence-corrected chi connectivity index (χ3v) is 1.54. The standard InChI is InChI=1S/C5H6N3.Mn/c6-4-2-1-3-5(7)8-4;/h1H,2H2,(H3,6,7,8);. The summed E-state index contributed by atoms with van der Waals surface area (Å²) in [6.45, 7) is 0. The van der Waals surface area contributed by atoms with E-state index in [2.05, 4.69) is 21.3 Å². The van der Waals surface area contributed by atoms with Crippen molar-refractivity contribution in [3.8, 4) is 0 Å². The molecule has 0 aromatic rings. The molecule has 0 spiro atoms. The molecule has 0 atom stereocenters. The van der Waals surface area contributed by atoms with Gasteiger partial charge in [0.15, 0.2) is 0 Å². The van der Waals surface area contributed by atoms with Crippen molar-refractivity contribution in [3.05, 3.63) is 10.5 Å².